The van der Waals surface area contributed by atoms with Crippen molar-refractivity contribution >= 4 is 34.1 Å². The zero-order chi connectivity index (χ0) is 14.7. The molecule has 2 rings (SSSR count). The van der Waals surface area contributed by atoms with Crippen LogP contribution >= 0.6 is 11.3 Å². The van der Waals surface area contributed by atoms with E-state index in [1.807, 2.05) is 0 Å². The maximum atomic E-state index is 12.4. The zero-order valence-corrected chi connectivity index (χ0v) is 11.9. The van der Waals surface area contributed by atoms with Gasteiger partial charge in [0.05, 0.1) is 9.88 Å². The Hall–Kier alpha value is -1.89. The molecule has 2 N–H and O–H groups in total. The third-order valence-corrected chi connectivity index (χ3v) is 4.15. The van der Waals surface area contributed by atoms with Crippen LogP contribution in [0.25, 0.3) is 0 Å². The Morgan fingerprint density at radius 1 is 1.35 bits per heavy atom. The minimum atomic E-state index is -0.961. The Morgan fingerprint density at radius 3 is 2.75 bits per heavy atom. The first-order valence-corrected chi connectivity index (χ1v) is 7.22. The van der Waals surface area contributed by atoms with Gasteiger partial charge >= 0.3 is 5.97 Å². The highest BCUT2D eigenvalue weighted by Gasteiger charge is 2.32. The van der Waals surface area contributed by atoms with Gasteiger partial charge in [0, 0.05) is 13.5 Å². The van der Waals surface area contributed by atoms with Crippen LogP contribution in [0.2, 0.25) is 0 Å². The number of anilines is 1. The summed E-state index contributed by atoms with van der Waals surface area (Å²) in [4.78, 5) is 36.4. The van der Waals surface area contributed by atoms with E-state index in [9.17, 15) is 19.5 Å². The number of hydrogen-bond donors (Lipinski definition) is 2. The van der Waals surface area contributed by atoms with E-state index in [0.717, 1.165) is 24.2 Å². The standard InChI is InChI=1S/C13H16N2O4S/c1-8(16)14-11-6-5-10(20-11)12(17)15-7-3-2-4-9(15)13(18)19/h5-6,9H,2-4,7H2,1H3,(H,14,16)(H,18,19)/t9-/m0/s1. The second kappa shape index (κ2) is 6.04. The normalized spacial score (nSPS) is 18.6. The molecule has 1 aromatic heterocycles. The van der Waals surface area contributed by atoms with Crippen LogP contribution in [-0.4, -0.2) is 40.4 Å². The predicted octanol–water partition coefficient (Wildman–Crippen LogP) is 1.79. The van der Waals surface area contributed by atoms with Crippen LogP contribution in [0.5, 0.6) is 0 Å². The summed E-state index contributed by atoms with van der Waals surface area (Å²) in [6.07, 6.45) is 2.13. The quantitative estimate of drug-likeness (QED) is 0.890. The first-order chi connectivity index (χ1) is 9.49. The molecule has 108 valence electrons. The molecule has 1 aliphatic rings. The molecule has 0 radical (unpaired) electrons. The summed E-state index contributed by atoms with van der Waals surface area (Å²) in [5.41, 5.74) is 0. The fourth-order valence-corrected chi connectivity index (χ4v) is 3.17. The van der Waals surface area contributed by atoms with Gasteiger partial charge in [0.15, 0.2) is 0 Å². The van der Waals surface area contributed by atoms with E-state index in [1.165, 1.54) is 11.8 Å². The number of amides is 2. The summed E-state index contributed by atoms with van der Waals surface area (Å²) in [6.45, 7) is 1.86. The largest absolute Gasteiger partial charge is 0.480 e. The zero-order valence-electron chi connectivity index (χ0n) is 11.1. The summed E-state index contributed by atoms with van der Waals surface area (Å²) in [7, 11) is 0. The maximum Gasteiger partial charge on any atom is 0.326 e. The number of carboxylic acids is 1. The Bertz CT molecular complexity index is 540. The van der Waals surface area contributed by atoms with E-state index in [0.29, 0.717) is 22.8 Å². The Balaban J connectivity index is 2.14. The van der Waals surface area contributed by atoms with Gasteiger partial charge in [-0.25, -0.2) is 4.79 Å². The van der Waals surface area contributed by atoms with Gasteiger partial charge in [-0.2, -0.15) is 0 Å². The highest BCUT2D eigenvalue weighted by atomic mass is 32.1. The summed E-state index contributed by atoms with van der Waals surface area (Å²) in [5, 5.41) is 12.4. The maximum absolute atomic E-state index is 12.4. The monoisotopic (exact) mass is 296 g/mol. The lowest BCUT2D eigenvalue weighted by Crippen LogP contribution is -2.47. The molecule has 7 heteroatoms. The number of carbonyl (C=O) groups is 3. The van der Waals surface area contributed by atoms with Crippen LogP contribution in [0.4, 0.5) is 5.00 Å². The van der Waals surface area contributed by atoms with E-state index < -0.39 is 12.0 Å². The average molecular weight is 296 g/mol. The molecule has 0 spiro atoms. The third-order valence-electron chi connectivity index (χ3n) is 3.16. The Labute approximate surface area is 120 Å². The van der Waals surface area contributed by atoms with E-state index in [2.05, 4.69) is 5.32 Å². The molecule has 0 saturated carbocycles. The number of rotatable bonds is 3. The van der Waals surface area contributed by atoms with E-state index >= 15 is 0 Å². The molecule has 6 nitrogen and oxygen atoms in total. The van der Waals surface area contributed by atoms with Crippen LogP contribution in [0.1, 0.15) is 35.9 Å². The Kier molecular flexibility index (Phi) is 4.39. The lowest BCUT2D eigenvalue weighted by atomic mass is 10.0. The number of carbonyl (C=O) groups excluding carboxylic acids is 2. The van der Waals surface area contributed by atoms with Gasteiger partial charge < -0.3 is 15.3 Å². The summed E-state index contributed by atoms with van der Waals surface area (Å²) < 4.78 is 0. The number of carboxylic acid groups (broad SMARTS) is 1. The van der Waals surface area contributed by atoms with Crippen LogP contribution in [0, 0.1) is 0 Å². The molecule has 1 atom stereocenters. The fourth-order valence-electron chi connectivity index (χ4n) is 2.27. The van der Waals surface area contributed by atoms with Crippen LogP contribution in [0.15, 0.2) is 12.1 Å². The van der Waals surface area contributed by atoms with Crippen molar-refractivity contribution in [2.24, 2.45) is 0 Å². The van der Waals surface area contributed by atoms with Crippen molar-refractivity contribution in [1.82, 2.24) is 4.90 Å². The van der Waals surface area contributed by atoms with Gasteiger partial charge in [-0.3, -0.25) is 9.59 Å². The molecular weight excluding hydrogens is 280 g/mol. The van der Waals surface area contributed by atoms with E-state index in [4.69, 9.17) is 0 Å². The SMILES string of the molecule is CC(=O)Nc1ccc(C(=O)N2CCCC[C@H]2C(=O)O)s1. The smallest absolute Gasteiger partial charge is 0.326 e. The van der Waals surface area contributed by atoms with E-state index in [1.54, 1.807) is 12.1 Å². The second-order valence-corrected chi connectivity index (χ2v) is 5.78. The minimum Gasteiger partial charge on any atom is -0.480 e. The fraction of sp³-hybridized carbons (Fsp3) is 0.462. The molecule has 1 saturated heterocycles. The van der Waals surface area contributed by atoms with E-state index in [-0.39, 0.29) is 11.8 Å². The van der Waals surface area contributed by atoms with Crippen molar-refractivity contribution in [3.63, 3.8) is 0 Å². The van der Waals surface area contributed by atoms with Crippen molar-refractivity contribution in [3.8, 4) is 0 Å². The first kappa shape index (κ1) is 14.5. The minimum absolute atomic E-state index is 0.202. The highest BCUT2D eigenvalue weighted by Crippen LogP contribution is 2.26. The average Bonchev–Trinajstić information content (AvgIpc) is 2.85. The third kappa shape index (κ3) is 3.16. The summed E-state index contributed by atoms with van der Waals surface area (Å²) in [6, 6.07) is 2.52. The van der Waals surface area contributed by atoms with Gasteiger partial charge in [0.25, 0.3) is 5.91 Å². The van der Waals surface area contributed by atoms with Crippen molar-refractivity contribution in [3.05, 3.63) is 17.0 Å². The molecule has 1 fully saturated rings. The molecule has 1 aliphatic heterocycles. The summed E-state index contributed by atoms with van der Waals surface area (Å²) in [5.74, 6) is -1.44. The number of aliphatic carboxylic acids is 1. The van der Waals surface area contributed by atoms with Gasteiger partial charge in [0.2, 0.25) is 5.91 Å². The van der Waals surface area contributed by atoms with Gasteiger partial charge in [-0.1, -0.05) is 0 Å². The van der Waals surface area contributed by atoms with Crippen molar-refractivity contribution in [1.29, 1.82) is 0 Å². The lowest BCUT2D eigenvalue weighted by molar-refractivity contribution is -0.143. The highest BCUT2D eigenvalue weighted by molar-refractivity contribution is 7.18. The van der Waals surface area contributed by atoms with Crippen molar-refractivity contribution < 1.29 is 19.5 Å². The molecule has 0 unspecified atom stereocenters. The molecule has 0 bridgehead atoms. The Morgan fingerprint density at radius 2 is 2.10 bits per heavy atom. The molecular formula is C13H16N2O4S. The molecule has 2 heterocycles. The number of likely N-dealkylation sites (tertiary alicyclic amines) is 1. The predicted molar refractivity (Wildman–Crippen MR) is 74.9 cm³/mol. The number of thiophene rings is 1. The molecule has 2 amide bonds. The van der Waals surface area contributed by atoms with Gasteiger partial charge in [-0.05, 0) is 31.4 Å². The topological polar surface area (TPSA) is 86.7 Å². The van der Waals surface area contributed by atoms with Crippen LogP contribution in [0.3, 0.4) is 0 Å². The lowest BCUT2D eigenvalue weighted by Gasteiger charge is -2.32. The molecule has 0 aromatic carbocycles. The number of hydrogen-bond acceptors (Lipinski definition) is 4. The number of nitrogens with one attached hydrogen (secondary N) is 1. The number of nitrogens with zero attached hydrogens (tertiary/aromatic N) is 1. The van der Waals surface area contributed by atoms with Gasteiger partial charge in [-0.15, -0.1) is 11.3 Å². The van der Waals surface area contributed by atoms with Crippen molar-refractivity contribution in [2.75, 3.05) is 11.9 Å². The van der Waals surface area contributed by atoms with Crippen molar-refractivity contribution in [2.45, 2.75) is 32.2 Å². The molecule has 1 aromatic rings. The molecule has 0 aliphatic carbocycles. The van der Waals surface area contributed by atoms with Gasteiger partial charge in [0.1, 0.15) is 6.04 Å². The van der Waals surface area contributed by atoms with Crippen LogP contribution in [-0.2, 0) is 9.59 Å². The number of piperidine rings is 1. The first-order valence-electron chi connectivity index (χ1n) is 6.40. The molecule has 20 heavy (non-hydrogen) atoms. The second-order valence-electron chi connectivity index (χ2n) is 4.69. The van der Waals surface area contributed by atoms with Crippen LogP contribution < -0.4 is 5.32 Å². The summed E-state index contributed by atoms with van der Waals surface area (Å²) >= 11 is 1.16.